The number of hydrogen-bond acceptors (Lipinski definition) is 4. The number of nitrogens with one attached hydrogen (secondary N) is 3. The van der Waals surface area contributed by atoms with Crippen LogP contribution in [0, 0.1) is 0 Å². The summed E-state index contributed by atoms with van der Waals surface area (Å²) in [5, 5.41) is 2.60. The SMILES string of the molecule is CC(=O)Nc1cccc(NS(=O)(=O)c2ccc3nc[nH]c3c2)c1. The standard InChI is InChI=1S/C15H14N4O3S/c1-10(20)18-11-3-2-4-12(7-11)19-23(21,22)13-5-6-14-15(8-13)17-9-16-14/h2-9,19H,1H3,(H,16,17)(H,18,20). The zero-order chi connectivity index (χ0) is 16.4. The fraction of sp³-hybridized carbons (Fsp3) is 0.0667. The van der Waals surface area contributed by atoms with Gasteiger partial charge in [-0.25, -0.2) is 13.4 Å². The van der Waals surface area contributed by atoms with Crippen molar-refractivity contribution in [1.82, 2.24) is 9.97 Å². The van der Waals surface area contributed by atoms with Crippen LogP contribution in [0.15, 0.2) is 53.7 Å². The summed E-state index contributed by atoms with van der Waals surface area (Å²) >= 11 is 0. The number of H-pyrrole nitrogens is 1. The van der Waals surface area contributed by atoms with Crippen LogP contribution < -0.4 is 10.0 Å². The molecule has 3 N–H and O–H groups in total. The Balaban J connectivity index is 1.89. The number of rotatable bonds is 4. The van der Waals surface area contributed by atoms with Crippen LogP contribution in [0.5, 0.6) is 0 Å². The van der Waals surface area contributed by atoms with Gasteiger partial charge < -0.3 is 10.3 Å². The second kappa shape index (κ2) is 5.73. The van der Waals surface area contributed by atoms with Crippen LogP contribution in [0.4, 0.5) is 11.4 Å². The Morgan fingerprint density at radius 2 is 1.91 bits per heavy atom. The number of imidazole rings is 1. The monoisotopic (exact) mass is 330 g/mol. The van der Waals surface area contributed by atoms with Gasteiger partial charge in [0.05, 0.1) is 27.9 Å². The molecular weight excluding hydrogens is 316 g/mol. The first-order chi connectivity index (χ1) is 10.9. The van der Waals surface area contributed by atoms with E-state index < -0.39 is 10.0 Å². The molecule has 23 heavy (non-hydrogen) atoms. The molecule has 0 saturated carbocycles. The Bertz CT molecular complexity index is 979. The van der Waals surface area contributed by atoms with E-state index in [1.807, 2.05) is 0 Å². The van der Waals surface area contributed by atoms with Crippen molar-refractivity contribution in [3.63, 3.8) is 0 Å². The molecule has 0 atom stereocenters. The molecule has 0 saturated heterocycles. The van der Waals surface area contributed by atoms with Crippen molar-refractivity contribution < 1.29 is 13.2 Å². The smallest absolute Gasteiger partial charge is 0.261 e. The maximum atomic E-state index is 12.5. The summed E-state index contributed by atoms with van der Waals surface area (Å²) in [7, 11) is -3.74. The molecule has 0 fully saturated rings. The first-order valence-electron chi connectivity index (χ1n) is 6.78. The third-order valence-corrected chi connectivity index (χ3v) is 4.52. The van der Waals surface area contributed by atoms with E-state index in [2.05, 4.69) is 20.0 Å². The fourth-order valence-electron chi connectivity index (χ4n) is 2.16. The highest BCUT2D eigenvalue weighted by Crippen LogP contribution is 2.21. The Labute approximate surface area is 132 Å². The van der Waals surface area contributed by atoms with E-state index in [-0.39, 0.29) is 10.8 Å². The molecule has 0 radical (unpaired) electrons. The van der Waals surface area contributed by atoms with Gasteiger partial charge in [0.25, 0.3) is 10.0 Å². The quantitative estimate of drug-likeness (QED) is 0.683. The van der Waals surface area contributed by atoms with Crippen LogP contribution in [0.2, 0.25) is 0 Å². The number of aromatic amines is 1. The number of amides is 1. The molecule has 1 heterocycles. The predicted octanol–water partition coefficient (Wildman–Crippen LogP) is 2.32. The molecule has 0 aliphatic heterocycles. The van der Waals surface area contributed by atoms with Gasteiger partial charge in [0.2, 0.25) is 5.91 Å². The molecule has 118 valence electrons. The molecule has 0 bridgehead atoms. The van der Waals surface area contributed by atoms with Gasteiger partial charge in [-0.3, -0.25) is 9.52 Å². The number of carbonyl (C=O) groups excluding carboxylic acids is 1. The summed E-state index contributed by atoms with van der Waals surface area (Å²) in [6.45, 7) is 1.39. The maximum absolute atomic E-state index is 12.5. The lowest BCUT2D eigenvalue weighted by Gasteiger charge is -2.10. The van der Waals surface area contributed by atoms with Crippen LogP contribution in [-0.4, -0.2) is 24.3 Å². The second-order valence-electron chi connectivity index (χ2n) is 4.95. The highest BCUT2D eigenvalue weighted by molar-refractivity contribution is 7.92. The molecule has 1 aromatic heterocycles. The summed E-state index contributed by atoms with van der Waals surface area (Å²) in [4.78, 5) is 18.1. The highest BCUT2D eigenvalue weighted by Gasteiger charge is 2.15. The highest BCUT2D eigenvalue weighted by atomic mass is 32.2. The number of nitrogens with zero attached hydrogens (tertiary/aromatic N) is 1. The number of hydrogen-bond donors (Lipinski definition) is 3. The van der Waals surface area contributed by atoms with Crippen molar-refractivity contribution in [3.05, 3.63) is 48.8 Å². The van der Waals surface area contributed by atoms with Gasteiger partial charge in [-0.2, -0.15) is 0 Å². The van der Waals surface area contributed by atoms with E-state index in [0.717, 1.165) is 0 Å². The van der Waals surface area contributed by atoms with Gasteiger partial charge in [-0.05, 0) is 36.4 Å². The minimum Gasteiger partial charge on any atom is -0.345 e. The molecule has 0 spiro atoms. The van der Waals surface area contributed by atoms with Crippen molar-refractivity contribution >= 4 is 38.3 Å². The number of benzene rings is 2. The summed E-state index contributed by atoms with van der Waals surface area (Å²) in [5.74, 6) is -0.227. The molecule has 0 unspecified atom stereocenters. The lowest BCUT2D eigenvalue weighted by Crippen LogP contribution is -2.13. The molecule has 3 aromatic rings. The normalized spacial score (nSPS) is 11.3. The van der Waals surface area contributed by atoms with Crippen molar-refractivity contribution in [1.29, 1.82) is 0 Å². The summed E-state index contributed by atoms with van der Waals surface area (Å²) < 4.78 is 27.4. The van der Waals surface area contributed by atoms with Crippen molar-refractivity contribution in [3.8, 4) is 0 Å². The number of fused-ring (bicyclic) bond motifs is 1. The molecule has 2 aromatic carbocycles. The fourth-order valence-corrected chi connectivity index (χ4v) is 3.23. The zero-order valence-corrected chi connectivity index (χ0v) is 13.0. The third kappa shape index (κ3) is 3.32. The Hall–Kier alpha value is -2.87. The largest absolute Gasteiger partial charge is 0.345 e. The van der Waals surface area contributed by atoms with Gasteiger partial charge in [-0.15, -0.1) is 0 Å². The van der Waals surface area contributed by atoms with Gasteiger partial charge >= 0.3 is 0 Å². The van der Waals surface area contributed by atoms with E-state index in [1.54, 1.807) is 30.3 Å². The van der Waals surface area contributed by atoms with Gasteiger partial charge in [0, 0.05) is 12.6 Å². The van der Waals surface area contributed by atoms with E-state index in [9.17, 15) is 13.2 Å². The van der Waals surface area contributed by atoms with Crippen molar-refractivity contribution in [2.45, 2.75) is 11.8 Å². The Morgan fingerprint density at radius 3 is 2.70 bits per heavy atom. The molecule has 1 amide bonds. The van der Waals surface area contributed by atoms with E-state index in [0.29, 0.717) is 22.4 Å². The number of anilines is 2. The summed E-state index contributed by atoms with van der Waals surface area (Å²) in [5.41, 5.74) is 2.21. The number of sulfonamides is 1. The average molecular weight is 330 g/mol. The first-order valence-corrected chi connectivity index (χ1v) is 8.26. The lowest BCUT2D eigenvalue weighted by molar-refractivity contribution is -0.114. The summed E-state index contributed by atoms with van der Waals surface area (Å²) in [6, 6.07) is 11.1. The molecule has 0 aliphatic rings. The van der Waals surface area contributed by atoms with Crippen molar-refractivity contribution in [2.24, 2.45) is 0 Å². The van der Waals surface area contributed by atoms with Gasteiger partial charge in [0.15, 0.2) is 0 Å². The summed E-state index contributed by atoms with van der Waals surface area (Å²) in [6.07, 6.45) is 1.51. The average Bonchev–Trinajstić information content (AvgIpc) is 2.93. The molecular formula is C15H14N4O3S. The van der Waals surface area contributed by atoms with E-state index in [4.69, 9.17) is 0 Å². The second-order valence-corrected chi connectivity index (χ2v) is 6.63. The number of aromatic nitrogens is 2. The van der Waals surface area contributed by atoms with E-state index in [1.165, 1.54) is 25.4 Å². The molecule has 8 heteroatoms. The van der Waals surface area contributed by atoms with Crippen LogP contribution in [0.1, 0.15) is 6.92 Å². The van der Waals surface area contributed by atoms with Gasteiger partial charge in [0.1, 0.15) is 0 Å². The minimum absolute atomic E-state index is 0.124. The van der Waals surface area contributed by atoms with Gasteiger partial charge in [-0.1, -0.05) is 6.07 Å². The van der Waals surface area contributed by atoms with Crippen molar-refractivity contribution in [2.75, 3.05) is 10.0 Å². The Kier molecular flexibility index (Phi) is 3.75. The molecule has 3 rings (SSSR count). The Morgan fingerprint density at radius 1 is 1.13 bits per heavy atom. The molecule has 7 nitrogen and oxygen atoms in total. The minimum atomic E-state index is -3.74. The predicted molar refractivity (Wildman–Crippen MR) is 87.6 cm³/mol. The topological polar surface area (TPSA) is 104 Å². The van der Waals surface area contributed by atoms with E-state index >= 15 is 0 Å². The van der Waals surface area contributed by atoms with Crippen LogP contribution in [0.3, 0.4) is 0 Å². The lowest BCUT2D eigenvalue weighted by atomic mass is 10.3. The number of carbonyl (C=O) groups is 1. The maximum Gasteiger partial charge on any atom is 0.261 e. The third-order valence-electron chi connectivity index (χ3n) is 3.14. The molecule has 0 aliphatic carbocycles. The van der Waals surface area contributed by atoms with Crippen LogP contribution >= 0.6 is 0 Å². The van der Waals surface area contributed by atoms with Crippen LogP contribution in [0.25, 0.3) is 11.0 Å². The zero-order valence-electron chi connectivity index (χ0n) is 12.2. The first kappa shape index (κ1) is 15.0. The van der Waals surface area contributed by atoms with Crippen LogP contribution in [-0.2, 0) is 14.8 Å².